The van der Waals surface area contributed by atoms with Gasteiger partial charge in [-0.3, -0.25) is 0 Å². The fourth-order valence-corrected chi connectivity index (χ4v) is 3.59. The van der Waals surface area contributed by atoms with Crippen molar-refractivity contribution in [3.63, 3.8) is 0 Å². The Hall–Kier alpha value is -1.62. The average Bonchev–Trinajstić information content (AvgIpc) is 3.17. The quantitative estimate of drug-likeness (QED) is 0.574. The highest BCUT2D eigenvalue weighted by Gasteiger charge is 2.17. The summed E-state index contributed by atoms with van der Waals surface area (Å²) >= 11 is 0. The summed E-state index contributed by atoms with van der Waals surface area (Å²) in [4.78, 5) is 9.40. The number of hydrogen-bond donors (Lipinski definition) is 1. The third kappa shape index (κ3) is 6.20. The lowest BCUT2D eigenvalue weighted by Crippen LogP contribution is -2.12. The van der Waals surface area contributed by atoms with E-state index in [0.717, 1.165) is 43.4 Å². The molecule has 0 radical (unpaired) electrons. The van der Waals surface area contributed by atoms with E-state index in [1.165, 1.54) is 37.8 Å². The van der Waals surface area contributed by atoms with Crippen molar-refractivity contribution < 1.29 is 0 Å². The van der Waals surface area contributed by atoms with Crippen molar-refractivity contribution in [1.29, 1.82) is 0 Å². The topological polar surface area (TPSA) is 47.7 Å². The third-order valence-electron chi connectivity index (χ3n) is 5.20. The molecular formula is C22H39N5. The van der Waals surface area contributed by atoms with Crippen LogP contribution < -0.4 is 5.32 Å². The number of imidazole rings is 2. The molecule has 0 fully saturated rings. The summed E-state index contributed by atoms with van der Waals surface area (Å²) in [5, 5.41) is 3.22. The molecule has 2 heterocycles. The van der Waals surface area contributed by atoms with Crippen molar-refractivity contribution in [2.75, 3.05) is 13.6 Å². The molecule has 0 amide bonds. The van der Waals surface area contributed by atoms with Crippen molar-refractivity contribution in [1.82, 2.24) is 24.4 Å². The first-order chi connectivity index (χ1) is 12.9. The van der Waals surface area contributed by atoms with E-state index in [2.05, 4.69) is 54.1 Å². The molecule has 0 spiro atoms. The van der Waals surface area contributed by atoms with Crippen LogP contribution in [0.4, 0.5) is 0 Å². The molecule has 5 heteroatoms. The van der Waals surface area contributed by atoms with Gasteiger partial charge in [0.25, 0.3) is 0 Å². The van der Waals surface area contributed by atoms with Crippen LogP contribution in [0.1, 0.15) is 71.3 Å². The average molecular weight is 374 g/mol. The van der Waals surface area contributed by atoms with E-state index in [1.807, 2.05) is 19.4 Å². The molecule has 0 aliphatic rings. The van der Waals surface area contributed by atoms with E-state index >= 15 is 0 Å². The Morgan fingerprint density at radius 2 is 1.70 bits per heavy atom. The van der Waals surface area contributed by atoms with E-state index in [-0.39, 0.29) is 0 Å². The van der Waals surface area contributed by atoms with Crippen LogP contribution >= 0.6 is 0 Å². The molecule has 27 heavy (non-hydrogen) atoms. The van der Waals surface area contributed by atoms with Crippen molar-refractivity contribution in [2.45, 2.75) is 86.2 Å². The van der Waals surface area contributed by atoms with Crippen LogP contribution in [0.5, 0.6) is 0 Å². The lowest BCUT2D eigenvalue weighted by Gasteiger charge is -2.19. The first-order valence-electron chi connectivity index (χ1n) is 10.6. The normalized spacial score (nSPS) is 12.1. The molecule has 5 nitrogen and oxygen atoms in total. The predicted octanol–water partition coefficient (Wildman–Crippen LogP) is 4.83. The minimum atomic E-state index is 0.374. The number of aryl methyl sites for hydroxylation is 2. The second-order valence-corrected chi connectivity index (χ2v) is 8.75. The Morgan fingerprint density at radius 3 is 2.37 bits per heavy atom. The highest BCUT2D eigenvalue weighted by Crippen LogP contribution is 2.25. The van der Waals surface area contributed by atoms with Gasteiger partial charge in [0.2, 0.25) is 0 Å². The third-order valence-corrected chi connectivity index (χ3v) is 5.20. The van der Waals surface area contributed by atoms with Gasteiger partial charge in [-0.25, -0.2) is 9.97 Å². The summed E-state index contributed by atoms with van der Waals surface area (Å²) in [6.07, 6.45) is 11.1. The summed E-state index contributed by atoms with van der Waals surface area (Å²) in [5.41, 5.74) is 2.86. The summed E-state index contributed by atoms with van der Waals surface area (Å²) in [6, 6.07) is 0. The van der Waals surface area contributed by atoms with E-state index in [1.54, 1.807) is 0 Å². The molecule has 0 aromatic carbocycles. The molecule has 0 saturated heterocycles. The van der Waals surface area contributed by atoms with E-state index < -0.39 is 0 Å². The molecule has 2 aromatic heterocycles. The standard InChI is InChI=1S/C22H39N5/c1-7-19-16-25-21(27(19)15-11-12-22(3,4)5)20-17-24-18(2)26(20)14-10-8-9-13-23-6/h16-17,23H,7-15H2,1-6H3. The first-order valence-corrected chi connectivity index (χ1v) is 10.6. The summed E-state index contributed by atoms with van der Waals surface area (Å²) < 4.78 is 4.76. The minimum absolute atomic E-state index is 0.374. The number of hydrogen-bond acceptors (Lipinski definition) is 3. The van der Waals surface area contributed by atoms with Crippen LogP contribution in [0.3, 0.4) is 0 Å². The van der Waals surface area contributed by atoms with Crippen LogP contribution in [0.25, 0.3) is 11.5 Å². The number of unbranched alkanes of at least 4 members (excludes halogenated alkanes) is 2. The Bertz CT molecular complexity index is 690. The smallest absolute Gasteiger partial charge is 0.158 e. The summed E-state index contributed by atoms with van der Waals surface area (Å²) in [6.45, 7) is 14.4. The van der Waals surface area contributed by atoms with Crippen molar-refractivity contribution in [3.8, 4) is 11.5 Å². The lowest BCUT2D eigenvalue weighted by atomic mass is 9.90. The molecular weight excluding hydrogens is 334 g/mol. The molecule has 1 N–H and O–H groups in total. The van der Waals surface area contributed by atoms with E-state index in [0.29, 0.717) is 5.41 Å². The Morgan fingerprint density at radius 1 is 0.963 bits per heavy atom. The molecule has 2 rings (SSSR count). The zero-order valence-corrected chi connectivity index (χ0v) is 18.3. The zero-order valence-electron chi connectivity index (χ0n) is 18.3. The molecule has 152 valence electrons. The second-order valence-electron chi connectivity index (χ2n) is 8.75. The Labute approximate surface area is 165 Å². The fourth-order valence-electron chi connectivity index (χ4n) is 3.59. The zero-order chi connectivity index (χ0) is 19.9. The number of aromatic nitrogens is 4. The van der Waals surface area contributed by atoms with Gasteiger partial charge in [-0.15, -0.1) is 0 Å². The SMILES string of the molecule is CCc1cnc(-c2cnc(C)n2CCCCCNC)n1CCCC(C)(C)C. The summed E-state index contributed by atoms with van der Waals surface area (Å²) in [5.74, 6) is 2.16. The molecule has 0 unspecified atom stereocenters. The Kier molecular flexibility index (Phi) is 8.08. The van der Waals surface area contributed by atoms with Crippen LogP contribution in [0.2, 0.25) is 0 Å². The van der Waals surface area contributed by atoms with Gasteiger partial charge >= 0.3 is 0 Å². The van der Waals surface area contributed by atoms with Crippen molar-refractivity contribution in [2.24, 2.45) is 5.41 Å². The largest absolute Gasteiger partial charge is 0.327 e. The first kappa shape index (κ1) is 21.7. The van der Waals surface area contributed by atoms with Gasteiger partial charge in [-0.2, -0.15) is 0 Å². The van der Waals surface area contributed by atoms with E-state index in [4.69, 9.17) is 4.98 Å². The van der Waals surface area contributed by atoms with E-state index in [9.17, 15) is 0 Å². The van der Waals surface area contributed by atoms with Crippen LogP contribution in [-0.4, -0.2) is 32.7 Å². The highest BCUT2D eigenvalue weighted by molar-refractivity contribution is 5.51. The van der Waals surface area contributed by atoms with Crippen LogP contribution in [-0.2, 0) is 19.5 Å². The molecule has 0 aliphatic heterocycles. The van der Waals surface area contributed by atoms with Crippen molar-refractivity contribution in [3.05, 3.63) is 23.9 Å². The van der Waals surface area contributed by atoms with Gasteiger partial charge in [-0.05, 0) is 58.0 Å². The van der Waals surface area contributed by atoms with Gasteiger partial charge < -0.3 is 14.5 Å². The number of nitrogens with one attached hydrogen (secondary N) is 1. The second kappa shape index (κ2) is 10.1. The maximum Gasteiger partial charge on any atom is 0.158 e. The lowest BCUT2D eigenvalue weighted by molar-refractivity contribution is 0.353. The molecule has 2 aromatic rings. The van der Waals surface area contributed by atoms with Gasteiger partial charge in [0, 0.05) is 25.0 Å². The number of nitrogens with zero attached hydrogens (tertiary/aromatic N) is 4. The van der Waals surface area contributed by atoms with Crippen LogP contribution in [0.15, 0.2) is 12.4 Å². The maximum absolute atomic E-state index is 4.80. The van der Waals surface area contributed by atoms with Crippen molar-refractivity contribution >= 4 is 0 Å². The minimum Gasteiger partial charge on any atom is -0.327 e. The molecule has 0 aliphatic carbocycles. The monoisotopic (exact) mass is 373 g/mol. The Balaban J connectivity index is 2.16. The van der Waals surface area contributed by atoms with Gasteiger partial charge in [0.05, 0.1) is 6.20 Å². The maximum atomic E-state index is 4.80. The fraction of sp³-hybridized carbons (Fsp3) is 0.727. The van der Waals surface area contributed by atoms with Gasteiger partial charge in [-0.1, -0.05) is 34.1 Å². The number of rotatable bonds is 11. The van der Waals surface area contributed by atoms with Crippen LogP contribution in [0, 0.1) is 12.3 Å². The van der Waals surface area contributed by atoms with Gasteiger partial charge in [0.15, 0.2) is 5.82 Å². The molecule has 0 bridgehead atoms. The molecule has 0 saturated carbocycles. The summed E-state index contributed by atoms with van der Waals surface area (Å²) in [7, 11) is 2.02. The predicted molar refractivity (Wildman–Crippen MR) is 114 cm³/mol. The van der Waals surface area contributed by atoms with Gasteiger partial charge in [0.1, 0.15) is 11.5 Å². The molecule has 0 atom stereocenters. The highest BCUT2D eigenvalue weighted by atomic mass is 15.2.